The van der Waals surface area contributed by atoms with Crippen molar-refractivity contribution in [1.29, 1.82) is 0 Å². The van der Waals surface area contributed by atoms with Crippen molar-refractivity contribution in [2.45, 2.75) is 44.2 Å². The van der Waals surface area contributed by atoms with Crippen LogP contribution in [0.1, 0.15) is 39.0 Å². The van der Waals surface area contributed by atoms with Crippen molar-refractivity contribution in [2.75, 3.05) is 7.11 Å². The van der Waals surface area contributed by atoms with Gasteiger partial charge in [0.25, 0.3) is 11.8 Å². The third-order valence-electron chi connectivity index (χ3n) is 6.22. The zero-order valence-corrected chi connectivity index (χ0v) is 18.3. The number of carbonyl (C=O) groups is 3. The monoisotopic (exact) mass is 433 g/mol. The summed E-state index contributed by atoms with van der Waals surface area (Å²) < 4.78 is 4.90. The lowest BCUT2D eigenvalue weighted by atomic mass is 9.77. The molecule has 1 saturated heterocycles. The Labute approximate surface area is 187 Å². The second kappa shape index (κ2) is 8.49. The van der Waals surface area contributed by atoms with Crippen molar-refractivity contribution in [3.8, 4) is 0 Å². The predicted molar refractivity (Wildman–Crippen MR) is 120 cm³/mol. The smallest absolute Gasteiger partial charge is 0.328 e. The van der Waals surface area contributed by atoms with E-state index in [1.807, 2.05) is 43.3 Å². The van der Waals surface area contributed by atoms with Crippen LogP contribution in [0.25, 0.3) is 0 Å². The van der Waals surface area contributed by atoms with Crippen molar-refractivity contribution in [3.05, 3.63) is 82.7 Å². The molecule has 0 aromatic heterocycles. The minimum atomic E-state index is -0.785. The number of ether oxygens (including phenoxy) is 1. The number of methoxy groups -OCH3 is 1. The highest BCUT2D eigenvalue weighted by Gasteiger charge is 2.45. The van der Waals surface area contributed by atoms with Crippen LogP contribution < -0.4 is 16.0 Å². The van der Waals surface area contributed by atoms with Gasteiger partial charge in [-0.25, -0.2) is 4.79 Å². The molecule has 0 bridgehead atoms. The number of amides is 2. The van der Waals surface area contributed by atoms with Gasteiger partial charge in [-0.3, -0.25) is 9.59 Å². The molecule has 2 atom stereocenters. The molecule has 0 radical (unpaired) electrons. The van der Waals surface area contributed by atoms with E-state index < -0.39 is 17.6 Å². The molecule has 32 heavy (non-hydrogen) atoms. The summed E-state index contributed by atoms with van der Waals surface area (Å²) in [6.45, 7) is 5.79. The molecule has 4 rings (SSSR count). The Kier molecular flexibility index (Phi) is 5.74. The molecule has 7 heteroatoms. The summed E-state index contributed by atoms with van der Waals surface area (Å²) in [4.78, 5) is 37.6. The second-order valence-corrected chi connectivity index (χ2v) is 8.54. The first-order valence-electron chi connectivity index (χ1n) is 10.6. The Morgan fingerprint density at radius 3 is 2.59 bits per heavy atom. The number of rotatable bonds is 5. The van der Waals surface area contributed by atoms with Crippen LogP contribution in [0.4, 0.5) is 0 Å². The van der Waals surface area contributed by atoms with Crippen LogP contribution in [-0.2, 0) is 33.6 Å². The lowest BCUT2D eigenvalue weighted by Crippen LogP contribution is -2.50. The van der Waals surface area contributed by atoms with Gasteiger partial charge in [0, 0.05) is 18.4 Å². The van der Waals surface area contributed by atoms with E-state index in [1.54, 1.807) is 6.07 Å². The third-order valence-corrected chi connectivity index (χ3v) is 6.22. The standard InChI is InChI=1S/C25H27N3O4/c1-15-4-6-17(7-5-15)12-21(23(30)32-3)27-22(29)19-8-9-20-14-25(11-10-18(20)13-19)24(31)26-16(2)28-25/h4-9,13,21,28H,2,10-12,14H2,1,3H3,(H,26,31)(H,27,29)/t21-,25?/m1/s1. The Balaban J connectivity index is 1.49. The Hall–Kier alpha value is -3.61. The summed E-state index contributed by atoms with van der Waals surface area (Å²) in [5, 5.41) is 8.74. The van der Waals surface area contributed by atoms with Gasteiger partial charge in [0.05, 0.1) is 12.9 Å². The molecule has 2 aliphatic rings. The zero-order chi connectivity index (χ0) is 22.9. The number of fused-ring (bicyclic) bond motifs is 1. The maximum Gasteiger partial charge on any atom is 0.328 e. The highest BCUT2D eigenvalue weighted by molar-refractivity contribution is 5.97. The summed E-state index contributed by atoms with van der Waals surface area (Å²) in [6, 6.07) is 12.5. The van der Waals surface area contributed by atoms with Gasteiger partial charge in [-0.05, 0) is 48.6 Å². The van der Waals surface area contributed by atoms with Gasteiger partial charge in [0.2, 0.25) is 0 Å². The molecule has 2 aromatic rings. The Morgan fingerprint density at radius 1 is 1.19 bits per heavy atom. The molecule has 1 unspecified atom stereocenters. The molecule has 1 aliphatic carbocycles. The second-order valence-electron chi connectivity index (χ2n) is 8.54. The Morgan fingerprint density at radius 2 is 1.94 bits per heavy atom. The maximum absolute atomic E-state index is 12.9. The van der Waals surface area contributed by atoms with Crippen molar-refractivity contribution < 1.29 is 19.1 Å². The van der Waals surface area contributed by atoms with Crippen molar-refractivity contribution in [3.63, 3.8) is 0 Å². The molecular formula is C25H27N3O4. The molecule has 7 nitrogen and oxygen atoms in total. The van der Waals surface area contributed by atoms with Crippen LogP contribution in [0.15, 0.2) is 54.9 Å². The SMILES string of the molecule is C=C1NC(=O)C2(CCc3cc(C(=O)N[C@H](Cc4ccc(C)cc4)C(=O)OC)ccc3C2)N1. The van der Waals surface area contributed by atoms with Crippen LogP contribution in [0, 0.1) is 6.92 Å². The molecule has 1 fully saturated rings. The van der Waals surface area contributed by atoms with Crippen molar-refractivity contribution in [1.82, 2.24) is 16.0 Å². The molecular weight excluding hydrogens is 406 g/mol. The van der Waals surface area contributed by atoms with E-state index in [0.717, 1.165) is 22.3 Å². The number of hydrogen-bond acceptors (Lipinski definition) is 5. The number of nitrogens with one attached hydrogen (secondary N) is 3. The van der Waals surface area contributed by atoms with Crippen LogP contribution >= 0.6 is 0 Å². The van der Waals surface area contributed by atoms with Gasteiger partial charge >= 0.3 is 5.97 Å². The fraction of sp³-hybridized carbons (Fsp3) is 0.320. The number of carbonyl (C=O) groups excluding carboxylic acids is 3. The minimum Gasteiger partial charge on any atom is -0.467 e. The number of esters is 1. The van der Waals surface area contributed by atoms with Gasteiger partial charge in [0.15, 0.2) is 0 Å². The maximum atomic E-state index is 12.9. The van der Waals surface area contributed by atoms with E-state index in [-0.39, 0.29) is 11.8 Å². The summed E-state index contributed by atoms with van der Waals surface area (Å²) in [5.41, 5.74) is 3.92. The van der Waals surface area contributed by atoms with Crippen LogP contribution in [0.5, 0.6) is 0 Å². The predicted octanol–water partition coefficient (Wildman–Crippen LogP) is 1.93. The first kappa shape index (κ1) is 21.6. The molecule has 0 saturated carbocycles. The van der Waals surface area contributed by atoms with Gasteiger partial charge in [-0.1, -0.05) is 42.5 Å². The largest absolute Gasteiger partial charge is 0.467 e. The molecule has 1 aliphatic heterocycles. The van der Waals surface area contributed by atoms with E-state index in [4.69, 9.17) is 4.74 Å². The third kappa shape index (κ3) is 4.23. The topological polar surface area (TPSA) is 96.5 Å². The number of benzene rings is 2. The molecule has 2 amide bonds. The van der Waals surface area contributed by atoms with Crippen LogP contribution in [0.2, 0.25) is 0 Å². The first-order valence-corrected chi connectivity index (χ1v) is 10.6. The molecule has 166 valence electrons. The molecule has 2 aromatic carbocycles. The first-order chi connectivity index (χ1) is 15.3. The fourth-order valence-electron chi connectivity index (χ4n) is 4.40. The minimum absolute atomic E-state index is 0.0630. The van der Waals surface area contributed by atoms with Gasteiger partial charge in [-0.2, -0.15) is 0 Å². The van der Waals surface area contributed by atoms with E-state index in [2.05, 4.69) is 22.5 Å². The molecule has 1 spiro atoms. The summed E-state index contributed by atoms with van der Waals surface area (Å²) in [6.07, 6.45) is 2.16. The zero-order valence-electron chi connectivity index (χ0n) is 18.3. The van der Waals surface area contributed by atoms with Gasteiger partial charge < -0.3 is 20.7 Å². The molecule has 1 heterocycles. The van der Waals surface area contributed by atoms with Crippen molar-refractivity contribution >= 4 is 17.8 Å². The van der Waals surface area contributed by atoms with Crippen LogP contribution in [-0.4, -0.2) is 36.5 Å². The Bertz CT molecular complexity index is 1090. The van der Waals surface area contributed by atoms with Crippen molar-refractivity contribution in [2.24, 2.45) is 0 Å². The fourth-order valence-corrected chi connectivity index (χ4v) is 4.40. The summed E-state index contributed by atoms with van der Waals surface area (Å²) >= 11 is 0. The lowest BCUT2D eigenvalue weighted by Gasteiger charge is -2.32. The molecule has 3 N–H and O–H groups in total. The normalized spacial score (nSPS) is 20.2. The number of aryl methyl sites for hydroxylation is 2. The van der Waals surface area contributed by atoms with E-state index in [9.17, 15) is 14.4 Å². The number of hydrogen-bond donors (Lipinski definition) is 3. The average Bonchev–Trinajstić information content (AvgIpc) is 3.05. The van der Waals surface area contributed by atoms with Crippen LogP contribution in [0.3, 0.4) is 0 Å². The van der Waals surface area contributed by atoms with Gasteiger partial charge in [0.1, 0.15) is 11.6 Å². The average molecular weight is 434 g/mol. The van der Waals surface area contributed by atoms with E-state index in [1.165, 1.54) is 7.11 Å². The van der Waals surface area contributed by atoms with E-state index >= 15 is 0 Å². The highest BCUT2D eigenvalue weighted by atomic mass is 16.5. The summed E-state index contributed by atoms with van der Waals surface area (Å²) in [5.74, 6) is -0.359. The summed E-state index contributed by atoms with van der Waals surface area (Å²) in [7, 11) is 1.31. The highest BCUT2D eigenvalue weighted by Crippen LogP contribution is 2.32. The van der Waals surface area contributed by atoms with E-state index in [0.29, 0.717) is 37.1 Å². The lowest BCUT2D eigenvalue weighted by molar-refractivity contribution is -0.142. The van der Waals surface area contributed by atoms with Gasteiger partial charge in [-0.15, -0.1) is 0 Å². The quantitative estimate of drug-likeness (QED) is 0.626.